The van der Waals surface area contributed by atoms with E-state index in [1.54, 1.807) is 24.4 Å². The Balaban J connectivity index is 1.48. The summed E-state index contributed by atoms with van der Waals surface area (Å²) in [6.07, 6.45) is 2.44. The second kappa shape index (κ2) is 11.3. The van der Waals surface area contributed by atoms with Crippen molar-refractivity contribution in [3.8, 4) is 5.75 Å². The first-order chi connectivity index (χ1) is 17.3. The Morgan fingerprint density at radius 3 is 2.56 bits per heavy atom. The molecule has 1 atom stereocenters. The van der Waals surface area contributed by atoms with Crippen LogP contribution in [0.4, 0.5) is 5.69 Å². The Bertz CT molecular complexity index is 1460. The standard InChI is InChI=1S/C28H27BrN4O3/c1-4-19(3)27-32-25-14-9-21(29)15-24(25)28(35)33(27)30-16-20-7-12-23(13-8-20)36-17-26(34)31-22-10-5-18(2)6-11-22/h5-16,19H,4,17H2,1-3H3,(H,31,34)/t19-/m1/s1. The SMILES string of the molecule is CC[C@@H](C)c1nc2ccc(Br)cc2c(=O)n1N=Cc1ccc(OCC(=O)Nc2ccc(C)cc2)cc1. The number of hydrogen-bond donors (Lipinski definition) is 1. The average molecular weight is 547 g/mol. The fourth-order valence-corrected chi connectivity index (χ4v) is 3.90. The number of ether oxygens (including phenoxy) is 1. The first-order valence-electron chi connectivity index (χ1n) is 11.7. The number of aryl methyl sites for hydroxylation is 1. The van der Waals surface area contributed by atoms with Crippen molar-refractivity contribution in [2.75, 3.05) is 11.9 Å². The van der Waals surface area contributed by atoms with Crippen molar-refractivity contribution in [1.82, 2.24) is 9.66 Å². The third-order valence-corrected chi connectivity index (χ3v) is 6.29. The van der Waals surface area contributed by atoms with Crippen LogP contribution in [-0.2, 0) is 4.79 Å². The highest BCUT2D eigenvalue weighted by molar-refractivity contribution is 9.10. The maximum atomic E-state index is 13.2. The molecule has 4 aromatic rings. The van der Waals surface area contributed by atoms with Gasteiger partial charge in [0.05, 0.1) is 17.1 Å². The summed E-state index contributed by atoms with van der Waals surface area (Å²) in [5, 5.41) is 7.78. The van der Waals surface area contributed by atoms with Gasteiger partial charge in [0.2, 0.25) is 0 Å². The molecule has 0 aliphatic heterocycles. The fraction of sp³-hybridized carbons (Fsp3) is 0.214. The zero-order valence-electron chi connectivity index (χ0n) is 20.4. The van der Waals surface area contributed by atoms with Crippen LogP contribution in [0.15, 0.2) is 81.1 Å². The highest BCUT2D eigenvalue weighted by atomic mass is 79.9. The molecule has 1 amide bonds. The number of benzene rings is 3. The van der Waals surface area contributed by atoms with Crippen LogP contribution >= 0.6 is 15.9 Å². The predicted molar refractivity (Wildman–Crippen MR) is 147 cm³/mol. The normalized spacial score (nSPS) is 12.1. The molecule has 0 saturated heterocycles. The van der Waals surface area contributed by atoms with Gasteiger partial charge in [-0.1, -0.05) is 47.5 Å². The molecule has 0 aliphatic rings. The summed E-state index contributed by atoms with van der Waals surface area (Å²) in [6.45, 7) is 5.97. The second-order valence-electron chi connectivity index (χ2n) is 8.57. The first-order valence-corrected chi connectivity index (χ1v) is 12.5. The second-order valence-corrected chi connectivity index (χ2v) is 9.49. The Kier molecular flexibility index (Phi) is 7.95. The molecule has 0 unspecified atom stereocenters. The van der Waals surface area contributed by atoms with E-state index in [9.17, 15) is 9.59 Å². The van der Waals surface area contributed by atoms with Gasteiger partial charge in [-0.25, -0.2) is 4.98 Å². The molecule has 184 valence electrons. The van der Waals surface area contributed by atoms with Crippen molar-refractivity contribution in [2.45, 2.75) is 33.1 Å². The van der Waals surface area contributed by atoms with E-state index in [0.717, 1.165) is 27.7 Å². The number of hydrogen-bond acceptors (Lipinski definition) is 5. The van der Waals surface area contributed by atoms with E-state index in [4.69, 9.17) is 9.72 Å². The summed E-state index contributed by atoms with van der Waals surface area (Å²) in [5.41, 5.74) is 3.06. The average Bonchev–Trinajstić information content (AvgIpc) is 2.88. The molecule has 0 spiro atoms. The molecule has 3 aromatic carbocycles. The van der Waals surface area contributed by atoms with Crippen LogP contribution in [-0.4, -0.2) is 28.4 Å². The molecule has 0 aliphatic carbocycles. The predicted octanol–water partition coefficient (Wildman–Crippen LogP) is 5.88. The number of halogens is 1. The highest BCUT2D eigenvalue weighted by Crippen LogP contribution is 2.21. The van der Waals surface area contributed by atoms with Crippen molar-refractivity contribution in [2.24, 2.45) is 5.10 Å². The molecule has 0 saturated carbocycles. The Morgan fingerprint density at radius 1 is 1.14 bits per heavy atom. The molecule has 1 heterocycles. The van der Waals surface area contributed by atoms with Gasteiger partial charge < -0.3 is 10.1 Å². The summed E-state index contributed by atoms with van der Waals surface area (Å²) in [5.74, 6) is 0.996. The zero-order valence-corrected chi connectivity index (χ0v) is 22.0. The molecule has 8 heteroatoms. The smallest absolute Gasteiger partial charge is 0.282 e. The monoisotopic (exact) mass is 546 g/mol. The summed E-state index contributed by atoms with van der Waals surface area (Å²) < 4.78 is 7.79. The van der Waals surface area contributed by atoms with E-state index in [0.29, 0.717) is 22.5 Å². The Hall–Kier alpha value is -3.78. The number of amides is 1. The third-order valence-electron chi connectivity index (χ3n) is 5.79. The van der Waals surface area contributed by atoms with Gasteiger partial charge in [0, 0.05) is 16.1 Å². The minimum Gasteiger partial charge on any atom is -0.484 e. The molecular weight excluding hydrogens is 520 g/mol. The zero-order chi connectivity index (χ0) is 25.7. The van der Waals surface area contributed by atoms with Crippen LogP contribution in [0.3, 0.4) is 0 Å². The lowest BCUT2D eigenvalue weighted by Crippen LogP contribution is -2.23. The molecule has 0 fully saturated rings. The number of fused-ring (bicyclic) bond motifs is 1. The van der Waals surface area contributed by atoms with E-state index in [1.165, 1.54) is 4.68 Å². The van der Waals surface area contributed by atoms with E-state index in [-0.39, 0.29) is 24.0 Å². The van der Waals surface area contributed by atoms with Crippen LogP contribution in [0.5, 0.6) is 5.75 Å². The molecular formula is C28H27BrN4O3. The van der Waals surface area contributed by atoms with Gasteiger partial charge >= 0.3 is 0 Å². The van der Waals surface area contributed by atoms with Gasteiger partial charge in [-0.05, 0) is 73.5 Å². The van der Waals surface area contributed by atoms with Crippen LogP contribution in [0.2, 0.25) is 0 Å². The number of aromatic nitrogens is 2. The number of anilines is 1. The molecule has 0 radical (unpaired) electrons. The lowest BCUT2D eigenvalue weighted by atomic mass is 10.1. The summed E-state index contributed by atoms with van der Waals surface area (Å²) >= 11 is 3.42. The van der Waals surface area contributed by atoms with Crippen molar-refractivity contribution in [3.05, 3.63) is 98.5 Å². The number of rotatable bonds is 8. The first kappa shape index (κ1) is 25.3. The van der Waals surface area contributed by atoms with Crippen LogP contribution in [0.1, 0.15) is 43.1 Å². The third kappa shape index (κ3) is 6.07. The molecule has 36 heavy (non-hydrogen) atoms. The van der Waals surface area contributed by atoms with Crippen molar-refractivity contribution in [1.29, 1.82) is 0 Å². The molecule has 0 bridgehead atoms. The lowest BCUT2D eigenvalue weighted by molar-refractivity contribution is -0.118. The van der Waals surface area contributed by atoms with E-state index >= 15 is 0 Å². The fourth-order valence-electron chi connectivity index (χ4n) is 3.54. The quantitative estimate of drug-likeness (QED) is 0.279. The Morgan fingerprint density at radius 2 is 1.86 bits per heavy atom. The van der Waals surface area contributed by atoms with Gasteiger partial charge in [0.1, 0.15) is 11.6 Å². The van der Waals surface area contributed by atoms with E-state index in [2.05, 4.69) is 33.3 Å². The van der Waals surface area contributed by atoms with E-state index < -0.39 is 0 Å². The van der Waals surface area contributed by atoms with Gasteiger partial charge in [0.25, 0.3) is 11.5 Å². The molecule has 1 aromatic heterocycles. The summed E-state index contributed by atoms with van der Waals surface area (Å²) in [7, 11) is 0. The minimum absolute atomic E-state index is 0.0599. The largest absolute Gasteiger partial charge is 0.484 e. The van der Waals surface area contributed by atoms with Crippen molar-refractivity contribution in [3.63, 3.8) is 0 Å². The van der Waals surface area contributed by atoms with Gasteiger partial charge in [-0.15, -0.1) is 0 Å². The lowest BCUT2D eigenvalue weighted by Gasteiger charge is -2.14. The van der Waals surface area contributed by atoms with Gasteiger partial charge in [0.15, 0.2) is 6.61 Å². The summed E-state index contributed by atoms with van der Waals surface area (Å²) in [4.78, 5) is 30.1. The van der Waals surface area contributed by atoms with Crippen molar-refractivity contribution < 1.29 is 9.53 Å². The maximum absolute atomic E-state index is 13.2. The topological polar surface area (TPSA) is 85.6 Å². The molecule has 1 N–H and O–H groups in total. The van der Waals surface area contributed by atoms with E-state index in [1.807, 2.05) is 62.4 Å². The van der Waals surface area contributed by atoms with Crippen LogP contribution in [0.25, 0.3) is 10.9 Å². The molecule has 7 nitrogen and oxygen atoms in total. The highest BCUT2D eigenvalue weighted by Gasteiger charge is 2.15. The van der Waals surface area contributed by atoms with Gasteiger partial charge in [-0.2, -0.15) is 9.78 Å². The van der Waals surface area contributed by atoms with Crippen LogP contribution in [0, 0.1) is 6.92 Å². The number of nitrogens with one attached hydrogen (secondary N) is 1. The summed E-state index contributed by atoms with van der Waals surface area (Å²) in [6, 6.07) is 20.2. The Labute approximate surface area is 218 Å². The minimum atomic E-state index is -0.239. The van der Waals surface area contributed by atoms with Gasteiger partial charge in [-0.3, -0.25) is 9.59 Å². The number of carbonyl (C=O) groups is 1. The van der Waals surface area contributed by atoms with Crippen LogP contribution < -0.4 is 15.6 Å². The van der Waals surface area contributed by atoms with Crippen molar-refractivity contribution >= 4 is 44.6 Å². The number of carbonyl (C=O) groups excluding carboxylic acids is 1. The number of nitrogens with zero attached hydrogens (tertiary/aromatic N) is 3. The maximum Gasteiger partial charge on any atom is 0.282 e. The molecule has 4 rings (SSSR count).